The predicted octanol–water partition coefficient (Wildman–Crippen LogP) is 1.30. The number of piperazine rings is 1. The van der Waals surface area contributed by atoms with Crippen molar-refractivity contribution in [2.45, 2.75) is 6.92 Å². The van der Waals surface area contributed by atoms with Gasteiger partial charge in [-0.25, -0.2) is 4.79 Å². The molecule has 2 amide bonds. The van der Waals surface area contributed by atoms with E-state index in [1.54, 1.807) is 4.90 Å². The minimum Gasteiger partial charge on any atom is -0.484 e. The third-order valence-corrected chi connectivity index (χ3v) is 3.91. The lowest BCUT2D eigenvalue weighted by atomic mass is 10.2. The van der Waals surface area contributed by atoms with E-state index < -0.39 is 0 Å². The molecule has 1 aliphatic heterocycles. The molecule has 1 aromatic carbocycles. The number of hydrogen-bond acceptors (Lipinski definition) is 5. The van der Waals surface area contributed by atoms with Crippen LogP contribution in [-0.2, 0) is 9.53 Å². The maximum absolute atomic E-state index is 11.8. The van der Waals surface area contributed by atoms with E-state index >= 15 is 0 Å². The second-order valence-corrected chi connectivity index (χ2v) is 5.75. The van der Waals surface area contributed by atoms with E-state index in [0.717, 1.165) is 25.2 Å². The number of halogens is 1. The Morgan fingerprint density at radius 1 is 1.20 bits per heavy atom. The number of carbonyl (C=O) groups is 2. The number of aryl methyl sites for hydroxylation is 1. The molecule has 0 aromatic heterocycles. The zero-order chi connectivity index (χ0) is 17.4. The molecule has 0 atom stereocenters. The van der Waals surface area contributed by atoms with Crippen LogP contribution in [0.1, 0.15) is 5.56 Å². The van der Waals surface area contributed by atoms with Crippen LogP contribution in [-0.4, -0.2) is 74.8 Å². The van der Waals surface area contributed by atoms with Crippen molar-refractivity contribution in [1.82, 2.24) is 15.1 Å². The van der Waals surface area contributed by atoms with Gasteiger partial charge in [-0.2, -0.15) is 0 Å². The summed E-state index contributed by atoms with van der Waals surface area (Å²) in [6.45, 7) is 6.18. The van der Waals surface area contributed by atoms with Crippen LogP contribution in [0, 0.1) is 6.92 Å². The summed E-state index contributed by atoms with van der Waals surface area (Å²) in [4.78, 5) is 27.1. The van der Waals surface area contributed by atoms with Gasteiger partial charge in [0.25, 0.3) is 5.91 Å². The number of benzene rings is 1. The van der Waals surface area contributed by atoms with Gasteiger partial charge < -0.3 is 19.7 Å². The lowest BCUT2D eigenvalue weighted by Crippen LogP contribution is -2.50. The molecule has 2 rings (SSSR count). The van der Waals surface area contributed by atoms with Crippen molar-refractivity contribution < 1.29 is 19.1 Å². The summed E-state index contributed by atoms with van der Waals surface area (Å²) >= 11 is 0. The SMILES string of the molecule is COC(=O)N1CCN(CCNC(=O)COc2cccc(C)c2)CC1.Cl. The summed E-state index contributed by atoms with van der Waals surface area (Å²) in [7, 11) is 1.39. The monoisotopic (exact) mass is 371 g/mol. The molecule has 8 heteroatoms. The summed E-state index contributed by atoms with van der Waals surface area (Å²) in [6, 6.07) is 7.61. The molecular weight excluding hydrogens is 346 g/mol. The maximum atomic E-state index is 11.8. The Balaban J connectivity index is 0.00000312. The van der Waals surface area contributed by atoms with Crippen LogP contribution in [0.2, 0.25) is 0 Å². The highest BCUT2D eigenvalue weighted by Crippen LogP contribution is 2.11. The van der Waals surface area contributed by atoms with Crippen LogP contribution in [0.15, 0.2) is 24.3 Å². The second-order valence-electron chi connectivity index (χ2n) is 5.75. The molecule has 1 aliphatic rings. The first kappa shape index (κ1) is 21.1. The summed E-state index contributed by atoms with van der Waals surface area (Å²) in [6.07, 6.45) is -0.281. The standard InChI is InChI=1S/C17H25N3O4.ClH/c1-14-4-3-5-15(12-14)24-13-16(21)18-6-7-19-8-10-20(11-9-19)17(22)23-2;/h3-5,12H,6-11,13H2,1-2H3,(H,18,21);1H. The minimum absolute atomic E-state index is 0. The highest BCUT2D eigenvalue weighted by Gasteiger charge is 2.20. The van der Waals surface area contributed by atoms with Crippen molar-refractivity contribution in [2.24, 2.45) is 0 Å². The van der Waals surface area contributed by atoms with Crippen molar-refractivity contribution >= 4 is 24.4 Å². The quantitative estimate of drug-likeness (QED) is 0.816. The smallest absolute Gasteiger partial charge is 0.409 e. The lowest BCUT2D eigenvalue weighted by Gasteiger charge is -2.33. The van der Waals surface area contributed by atoms with E-state index in [-0.39, 0.29) is 31.0 Å². The normalized spacial score (nSPS) is 14.4. The van der Waals surface area contributed by atoms with Gasteiger partial charge >= 0.3 is 6.09 Å². The van der Waals surface area contributed by atoms with E-state index in [1.807, 2.05) is 31.2 Å². The van der Waals surface area contributed by atoms with Crippen molar-refractivity contribution in [1.29, 1.82) is 0 Å². The van der Waals surface area contributed by atoms with Crippen LogP contribution >= 0.6 is 12.4 Å². The van der Waals surface area contributed by atoms with Gasteiger partial charge in [-0.3, -0.25) is 9.69 Å². The van der Waals surface area contributed by atoms with Gasteiger partial charge in [0.2, 0.25) is 0 Å². The van der Waals surface area contributed by atoms with Crippen molar-refractivity contribution in [3.63, 3.8) is 0 Å². The first-order chi connectivity index (χ1) is 11.6. The van der Waals surface area contributed by atoms with E-state index in [2.05, 4.69) is 10.2 Å². The second kappa shape index (κ2) is 10.8. The number of nitrogens with one attached hydrogen (secondary N) is 1. The van der Waals surface area contributed by atoms with Crippen LogP contribution < -0.4 is 10.1 Å². The molecular formula is C17H26ClN3O4. The molecule has 25 heavy (non-hydrogen) atoms. The van der Waals surface area contributed by atoms with Crippen LogP contribution in [0.4, 0.5) is 4.79 Å². The van der Waals surface area contributed by atoms with Crippen LogP contribution in [0.25, 0.3) is 0 Å². The molecule has 0 spiro atoms. The molecule has 0 unspecified atom stereocenters. The Bertz CT molecular complexity index is 563. The fourth-order valence-corrected chi connectivity index (χ4v) is 2.54. The fourth-order valence-electron chi connectivity index (χ4n) is 2.54. The number of hydrogen-bond donors (Lipinski definition) is 1. The van der Waals surface area contributed by atoms with Crippen molar-refractivity contribution in [3.05, 3.63) is 29.8 Å². The Morgan fingerprint density at radius 3 is 2.56 bits per heavy atom. The molecule has 1 N–H and O–H groups in total. The molecule has 0 radical (unpaired) electrons. The van der Waals surface area contributed by atoms with E-state index in [0.29, 0.717) is 25.4 Å². The molecule has 0 aliphatic carbocycles. The Labute approximate surface area is 154 Å². The number of amides is 2. The Kier molecular flexibility index (Phi) is 9.08. The van der Waals surface area contributed by atoms with E-state index in [4.69, 9.17) is 9.47 Å². The summed E-state index contributed by atoms with van der Waals surface area (Å²) in [5.41, 5.74) is 1.10. The minimum atomic E-state index is -0.281. The Hall–Kier alpha value is -1.99. The molecule has 0 bridgehead atoms. The molecule has 1 heterocycles. The molecule has 1 saturated heterocycles. The van der Waals surface area contributed by atoms with Gasteiger partial charge in [-0.05, 0) is 24.6 Å². The van der Waals surface area contributed by atoms with Gasteiger partial charge in [0, 0.05) is 39.3 Å². The first-order valence-corrected chi connectivity index (χ1v) is 8.10. The average Bonchev–Trinajstić information content (AvgIpc) is 2.60. The first-order valence-electron chi connectivity index (χ1n) is 8.10. The molecule has 1 aromatic rings. The van der Waals surface area contributed by atoms with Crippen molar-refractivity contribution in [2.75, 3.05) is 53.0 Å². The van der Waals surface area contributed by atoms with Crippen LogP contribution in [0.3, 0.4) is 0 Å². The molecule has 0 saturated carbocycles. The zero-order valence-corrected chi connectivity index (χ0v) is 15.5. The fraction of sp³-hybridized carbons (Fsp3) is 0.529. The largest absolute Gasteiger partial charge is 0.484 e. The Morgan fingerprint density at radius 2 is 1.92 bits per heavy atom. The zero-order valence-electron chi connectivity index (χ0n) is 14.7. The third-order valence-electron chi connectivity index (χ3n) is 3.91. The molecule has 1 fully saturated rings. The maximum Gasteiger partial charge on any atom is 0.409 e. The summed E-state index contributed by atoms with van der Waals surface area (Å²) < 4.78 is 10.2. The number of nitrogens with zero attached hydrogens (tertiary/aromatic N) is 2. The topological polar surface area (TPSA) is 71.1 Å². The van der Waals surface area contributed by atoms with Gasteiger partial charge in [-0.15, -0.1) is 12.4 Å². The van der Waals surface area contributed by atoms with Gasteiger partial charge in [0.15, 0.2) is 6.61 Å². The number of carbonyl (C=O) groups excluding carboxylic acids is 2. The van der Waals surface area contributed by atoms with Crippen molar-refractivity contribution in [3.8, 4) is 5.75 Å². The number of rotatable bonds is 6. The summed E-state index contributed by atoms with van der Waals surface area (Å²) in [5.74, 6) is 0.564. The van der Waals surface area contributed by atoms with E-state index in [9.17, 15) is 9.59 Å². The molecule has 140 valence electrons. The number of ether oxygens (including phenoxy) is 2. The average molecular weight is 372 g/mol. The predicted molar refractivity (Wildman–Crippen MR) is 97.3 cm³/mol. The van der Waals surface area contributed by atoms with Gasteiger partial charge in [0.05, 0.1) is 7.11 Å². The highest BCUT2D eigenvalue weighted by atomic mass is 35.5. The van der Waals surface area contributed by atoms with Gasteiger partial charge in [-0.1, -0.05) is 12.1 Å². The number of methoxy groups -OCH3 is 1. The third kappa shape index (κ3) is 7.19. The molecule has 7 nitrogen and oxygen atoms in total. The lowest BCUT2D eigenvalue weighted by molar-refractivity contribution is -0.123. The van der Waals surface area contributed by atoms with Gasteiger partial charge in [0.1, 0.15) is 5.75 Å². The van der Waals surface area contributed by atoms with Crippen LogP contribution in [0.5, 0.6) is 5.75 Å². The summed E-state index contributed by atoms with van der Waals surface area (Å²) in [5, 5.41) is 2.85. The highest BCUT2D eigenvalue weighted by molar-refractivity contribution is 5.85. The van der Waals surface area contributed by atoms with E-state index in [1.165, 1.54) is 7.11 Å².